The molecule has 0 saturated carbocycles. The van der Waals surface area contributed by atoms with Crippen LogP contribution in [0.2, 0.25) is 0 Å². The van der Waals surface area contributed by atoms with Gasteiger partial charge in [0.1, 0.15) is 24.3 Å². The third-order valence-corrected chi connectivity index (χ3v) is 9.60. The quantitative estimate of drug-likeness (QED) is 0.184. The molecule has 2 aromatic carbocycles. The van der Waals surface area contributed by atoms with Gasteiger partial charge in [0.15, 0.2) is 0 Å². The fourth-order valence-electron chi connectivity index (χ4n) is 7.13. The average Bonchev–Trinajstić information content (AvgIpc) is 3.61. The number of imidazole rings is 1. The van der Waals surface area contributed by atoms with E-state index in [4.69, 9.17) is 24.2 Å². The number of likely N-dealkylation sites (tertiary alicyclic amines) is 1. The molecule has 45 heavy (non-hydrogen) atoms. The molecule has 0 aliphatic carbocycles. The second kappa shape index (κ2) is 12.7. The van der Waals surface area contributed by atoms with E-state index in [9.17, 15) is 4.79 Å². The molecule has 5 heterocycles. The Morgan fingerprint density at radius 3 is 2.56 bits per heavy atom. The van der Waals surface area contributed by atoms with Gasteiger partial charge in [-0.25, -0.2) is 14.8 Å². The van der Waals surface area contributed by atoms with Crippen LogP contribution in [-0.2, 0) is 34.4 Å². The molecule has 3 aromatic heterocycles. The van der Waals surface area contributed by atoms with Crippen molar-refractivity contribution in [1.82, 2.24) is 24.0 Å². The number of ether oxygens (including phenoxy) is 3. The number of rotatable bonds is 8. The molecule has 7 rings (SSSR count). The molecule has 2 fully saturated rings. The topological polar surface area (TPSA) is 83.6 Å². The lowest BCUT2D eigenvalue weighted by molar-refractivity contribution is -0.0332. The van der Waals surface area contributed by atoms with Gasteiger partial charge in [0.2, 0.25) is 0 Å². The van der Waals surface area contributed by atoms with Gasteiger partial charge in [-0.2, -0.15) is 0 Å². The molecule has 0 amide bonds. The fourth-order valence-corrected chi connectivity index (χ4v) is 7.13. The Morgan fingerprint density at radius 1 is 1.00 bits per heavy atom. The molecule has 234 valence electrons. The number of hydrogen-bond donors (Lipinski definition) is 0. The molecule has 5 aromatic rings. The molecule has 1 unspecified atom stereocenters. The minimum Gasteiger partial charge on any atom is -0.465 e. The van der Waals surface area contributed by atoms with Gasteiger partial charge in [-0.15, -0.1) is 0 Å². The summed E-state index contributed by atoms with van der Waals surface area (Å²) in [5.41, 5.74) is 8.47. The highest BCUT2D eigenvalue weighted by Gasteiger charge is 2.24. The van der Waals surface area contributed by atoms with Gasteiger partial charge in [0, 0.05) is 44.6 Å². The van der Waals surface area contributed by atoms with E-state index in [1.807, 2.05) is 18.3 Å². The van der Waals surface area contributed by atoms with Crippen molar-refractivity contribution in [3.63, 3.8) is 0 Å². The number of fused-ring (bicyclic) bond motifs is 2. The zero-order valence-electron chi connectivity index (χ0n) is 26.4. The monoisotopic (exact) mass is 607 g/mol. The molecular formula is C36H41N5O4. The summed E-state index contributed by atoms with van der Waals surface area (Å²) in [6.07, 6.45) is 7.35. The van der Waals surface area contributed by atoms with Crippen molar-refractivity contribution in [2.75, 3.05) is 33.9 Å². The molecule has 0 bridgehead atoms. The Morgan fingerprint density at radius 2 is 1.82 bits per heavy atom. The lowest BCUT2D eigenvalue weighted by Gasteiger charge is -2.32. The maximum absolute atomic E-state index is 11.8. The predicted octanol–water partition coefficient (Wildman–Crippen LogP) is 6.60. The number of hydrogen-bond acceptors (Lipinski definition) is 7. The number of carbonyl (C=O) groups is 1. The molecule has 0 N–H and O–H groups in total. The van der Waals surface area contributed by atoms with Crippen molar-refractivity contribution in [3.8, 4) is 11.1 Å². The van der Waals surface area contributed by atoms with Crippen LogP contribution in [-0.4, -0.2) is 63.9 Å². The van der Waals surface area contributed by atoms with Crippen LogP contribution in [0, 0.1) is 0 Å². The highest BCUT2D eigenvalue weighted by atomic mass is 16.5. The third kappa shape index (κ3) is 5.76. The van der Waals surface area contributed by atoms with Gasteiger partial charge in [0.25, 0.3) is 0 Å². The molecule has 0 spiro atoms. The first-order valence-electron chi connectivity index (χ1n) is 16.0. The Balaban J connectivity index is 1.11. The summed E-state index contributed by atoms with van der Waals surface area (Å²) in [5, 5.41) is 1.15. The van der Waals surface area contributed by atoms with Gasteiger partial charge in [-0.1, -0.05) is 18.2 Å². The lowest BCUT2D eigenvalue weighted by Crippen LogP contribution is -2.33. The van der Waals surface area contributed by atoms with Crippen molar-refractivity contribution >= 4 is 28.0 Å². The summed E-state index contributed by atoms with van der Waals surface area (Å²) in [7, 11) is 5.25. The minimum atomic E-state index is -0.290. The van der Waals surface area contributed by atoms with Crippen LogP contribution in [0.15, 0.2) is 60.8 Å². The first-order chi connectivity index (χ1) is 22.0. The maximum atomic E-state index is 11.8. The molecule has 2 aliphatic rings. The van der Waals surface area contributed by atoms with Gasteiger partial charge in [-0.05, 0) is 104 Å². The minimum absolute atomic E-state index is 0.00116. The number of carbonyl (C=O) groups excluding carboxylic acids is 1. The number of esters is 1. The smallest absolute Gasteiger partial charge is 0.337 e. The normalized spacial score (nSPS) is 18.2. The van der Waals surface area contributed by atoms with Crippen molar-refractivity contribution in [1.29, 1.82) is 0 Å². The van der Waals surface area contributed by atoms with Crippen LogP contribution in [0.5, 0.6) is 0 Å². The molecule has 2 aliphatic heterocycles. The summed E-state index contributed by atoms with van der Waals surface area (Å²) in [6.45, 7) is 4.17. The van der Waals surface area contributed by atoms with Crippen LogP contribution in [0.25, 0.3) is 33.2 Å². The Labute approximate surface area is 263 Å². The summed E-state index contributed by atoms with van der Waals surface area (Å²) in [6, 6.07) is 18.9. The number of aromatic nitrogens is 4. The molecule has 1 atom stereocenters. The zero-order chi connectivity index (χ0) is 30.9. The molecule has 0 radical (unpaired) electrons. The Kier molecular flexibility index (Phi) is 8.40. The van der Waals surface area contributed by atoms with E-state index in [0.717, 1.165) is 97.4 Å². The molecule has 2 saturated heterocycles. The fraction of sp³-hybridized carbons (Fsp3) is 0.417. The van der Waals surface area contributed by atoms with E-state index >= 15 is 0 Å². The standard InChI is InChI=1S/C36H41N5O4/c1-39-28(22-40-17-14-25(15-18-40)24-7-9-26(10-8-24)36(42)44-3)21-30-29(13-16-37-35(30)39)27-11-12-32-31(20-27)38-33(23-43-2)41(32)34-6-4-5-19-45-34/h7-13,16,20-21,25,34H,4-6,14-15,17-19,22-23H2,1-3H3. The van der Waals surface area contributed by atoms with Gasteiger partial charge in [0.05, 0.1) is 23.7 Å². The van der Waals surface area contributed by atoms with E-state index < -0.39 is 0 Å². The summed E-state index contributed by atoms with van der Waals surface area (Å²) in [5.74, 6) is 1.11. The summed E-state index contributed by atoms with van der Waals surface area (Å²) in [4.78, 5) is 24.1. The van der Waals surface area contributed by atoms with Crippen LogP contribution < -0.4 is 0 Å². The first kappa shape index (κ1) is 29.6. The molecule has 9 heteroatoms. The first-order valence-corrected chi connectivity index (χ1v) is 16.0. The predicted molar refractivity (Wildman–Crippen MR) is 174 cm³/mol. The van der Waals surface area contributed by atoms with Crippen LogP contribution >= 0.6 is 0 Å². The largest absolute Gasteiger partial charge is 0.465 e. The second-order valence-electron chi connectivity index (χ2n) is 12.3. The SMILES string of the molecule is COCc1nc2cc(-c3ccnc4c3cc(CN3CCC(c5ccc(C(=O)OC)cc5)CC3)n4C)ccc2n1C1CCCCO1. The van der Waals surface area contributed by atoms with Gasteiger partial charge >= 0.3 is 5.97 Å². The Hall–Kier alpha value is -4.05. The Bertz CT molecular complexity index is 1810. The van der Waals surface area contributed by atoms with Crippen LogP contribution in [0.3, 0.4) is 0 Å². The van der Waals surface area contributed by atoms with E-state index in [1.54, 1.807) is 7.11 Å². The third-order valence-electron chi connectivity index (χ3n) is 9.60. The second-order valence-corrected chi connectivity index (χ2v) is 12.3. The maximum Gasteiger partial charge on any atom is 0.337 e. The van der Waals surface area contributed by atoms with E-state index in [1.165, 1.54) is 18.4 Å². The summed E-state index contributed by atoms with van der Waals surface area (Å²) < 4.78 is 21.0. The highest BCUT2D eigenvalue weighted by Crippen LogP contribution is 2.35. The number of benzene rings is 2. The van der Waals surface area contributed by atoms with Crippen LogP contribution in [0.1, 0.15) is 71.7 Å². The van der Waals surface area contributed by atoms with Gasteiger partial charge in [-0.3, -0.25) is 9.47 Å². The molecule has 9 nitrogen and oxygen atoms in total. The number of aryl methyl sites for hydroxylation is 1. The van der Waals surface area contributed by atoms with Crippen molar-refractivity contribution < 1.29 is 19.0 Å². The number of pyridine rings is 1. The van der Waals surface area contributed by atoms with Crippen LogP contribution in [0.4, 0.5) is 0 Å². The van der Waals surface area contributed by atoms with Crippen molar-refractivity contribution in [2.45, 2.75) is 57.4 Å². The van der Waals surface area contributed by atoms with E-state index in [2.05, 4.69) is 63.5 Å². The van der Waals surface area contributed by atoms with Gasteiger partial charge < -0.3 is 18.8 Å². The lowest BCUT2D eigenvalue weighted by atomic mass is 9.89. The molecular weight excluding hydrogens is 566 g/mol. The number of piperidine rings is 1. The average molecular weight is 608 g/mol. The number of methoxy groups -OCH3 is 2. The summed E-state index contributed by atoms with van der Waals surface area (Å²) >= 11 is 0. The number of nitrogens with zero attached hydrogens (tertiary/aromatic N) is 5. The van der Waals surface area contributed by atoms with Crippen molar-refractivity contribution in [2.24, 2.45) is 7.05 Å². The van der Waals surface area contributed by atoms with Crippen molar-refractivity contribution in [3.05, 3.63) is 83.4 Å². The van der Waals surface area contributed by atoms with E-state index in [-0.39, 0.29) is 12.2 Å². The van der Waals surface area contributed by atoms with E-state index in [0.29, 0.717) is 18.1 Å². The highest BCUT2D eigenvalue weighted by molar-refractivity contribution is 5.96. The zero-order valence-corrected chi connectivity index (χ0v) is 26.4.